The quantitative estimate of drug-likeness (QED) is 0.774. The number of sulfone groups is 1. The molecule has 29 heavy (non-hydrogen) atoms. The highest BCUT2D eigenvalue weighted by atomic mass is 35.5. The van der Waals surface area contributed by atoms with E-state index in [1.165, 1.54) is 12.1 Å². The van der Waals surface area contributed by atoms with Gasteiger partial charge < -0.3 is 15.1 Å². The van der Waals surface area contributed by atoms with Crippen molar-refractivity contribution in [3.8, 4) is 0 Å². The minimum atomic E-state index is -3.54. The number of halogens is 1. The second kappa shape index (κ2) is 8.84. The molecular formula is C20H22ClN3O4S. The van der Waals surface area contributed by atoms with Gasteiger partial charge in [0.05, 0.1) is 17.0 Å². The first-order chi connectivity index (χ1) is 13.8. The van der Waals surface area contributed by atoms with Gasteiger partial charge in [0.1, 0.15) is 0 Å². The Balaban J connectivity index is 1.55. The van der Waals surface area contributed by atoms with E-state index in [0.717, 1.165) is 11.9 Å². The first kappa shape index (κ1) is 21.1. The van der Waals surface area contributed by atoms with E-state index in [1.807, 2.05) is 24.3 Å². The van der Waals surface area contributed by atoms with Crippen molar-refractivity contribution in [3.05, 3.63) is 59.1 Å². The Morgan fingerprint density at radius 3 is 2.38 bits per heavy atom. The first-order valence-corrected chi connectivity index (χ1v) is 11.4. The zero-order valence-electron chi connectivity index (χ0n) is 16.0. The fourth-order valence-corrected chi connectivity index (χ4v) is 4.30. The Bertz CT molecular complexity index is 1020. The number of benzene rings is 2. The summed E-state index contributed by atoms with van der Waals surface area (Å²) in [6.07, 6.45) is 1.05. The standard InChI is InChI=1S/C20H22ClN3O4S/c1-29(27,28)18-8-3-2-7-17(18)20(26)22-14-19(25)24-11-9-23(10-12-24)16-6-4-5-15(21)13-16/h2-8,13H,9-12,14H2,1H3,(H,22,26). The summed E-state index contributed by atoms with van der Waals surface area (Å²) in [4.78, 5) is 28.6. The minimum Gasteiger partial charge on any atom is -0.368 e. The zero-order valence-corrected chi connectivity index (χ0v) is 17.5. The number of nitrogens with zero attached hydrogens (tertiary/aromatic N) is 2. The van der Waals surface area contributed by atoms with Crippen molar-refractivity contribution >= 4 is 38.9 Å². The van der Waals surface area contributed by atoms with Gasteiger partial charge >= 0.3 is 0 Å². The van der Waals surface area contributed by atoms with Crippen LogP contribution >= 0.6 is 11.6 Å². The van der Waals surface area contributed by atoms with Crippen LogP contribution in [0.2, 0.25) is 5.02 Å². The van der Waals surface area contributed by atoms with Gasteiger partial charge in [0, 0.05) is 43.1 Å². The van der Waals surface area contributed by atoms with Gasteiger partial charge in [-0.1, -0.05) is 29.8 Å². The van der Waals surface area contributed by atoms with E-state index in [-0.39, 0.29) is 22.9 Å². The SMILES string of the molecule is CS(=O)(=O)c1ccccc1C(=O)NCC(=O)N1CCN(c2cccc(Cl)c2)CC1. The number of piperazine rings is 1. The molecule has 1 aliphatic heterocycles. The van der Waals surface area contributed by atoms with Crippen molar-refractivity contribution in [1.29, 1.82) is 0 Å². The summed E-state index contributed by atoms with van der Waals surface area (Å²) in [6, 6.07) is 13.5. The first-order valence-electron chi connectivity index (χ1n) is 9.11. The summed E-state index contributed by atoms with van der Waals surface area (Å²) < 4.78 is 23.7. The number of hydrogen-bond donors (Lipinski definition) is 1. The average Bonchev–Trinajstić information content (AvgIpc) is 2.71. The van der Waals surface area contributed by atoms with Gasteiger partial charge in [-0.05, 0) is 30.3 Å². The maximum absolute atomic E-state index is 12.5. The lowest BCUT2D eigenvalue weighted by Gasteiger charge is -2.36. The van der Waals surface area contributed by atoms with Gasteiger partial charge in [-0.2, -0.15) is 0 Å². The topological polar surface area (TPSA) is 86.8 Å². The van der Waals surface area contributed by atoms with E-state index >= 15 is 0 Å². The lowest BCUT2D eigenvalue weighted by molar-refractivity contribution is -0.130. The van der Waals surface area contributed by atoms with Gasteiger partial charge in [0.2, 0.25) is 5.91 Å². The Kier molecular flexibility index (Phi) is 6.44. The number of nitrogens with one attached hydrogen (secondary N) is 1. The van der Waals surface area contributed by atoms with Crippen molar-refractivity contribution in [2.75, 3.05) is 43.9 Å². The lowest BCUT2D eigenvalue weighted by atomic mass is 10.2. The number of hydrogen-bond acceptors (Lipinski definition) is 5. The van der Waals surface area contributed by atoms with E-state index in [0.29, 0.717) is 31.2 Å². The highest BCUT2D eigenvalue weighted by Crippen LogP contribution is 2.21. The third-order valence-electron chi connectivity index (χ3n) is 4.74. The molecule has 1 heterocycles. The second-order valence-electron chi connectivity index (χ2n) is 6.80. The second-order valence-corrected chi connectivity index (χ2v) is 9.22. The van der Waals surface area contributed by atoms with Gasteiger partial charge in [-0.15, -0.1) is 0 Å². The van der Waals surface area contributed by atoms with Gasteiger partial charge in [0.25, 0.3) is 5.91 Å². The van der Waals surface area contributed by atoms with Crippen molar-refractivity contribution in [2.24, 2.45) is 0 Å². The number of rotatable bonds is 5. The van der Waals surface area contributed by atoms with Crippen LogP contribution in [0.4, 0.5) is 5.69 Å². The molecule has 0 spiro atoms. The molecule has 9 heteroatoms. The third kappa shape index (κ3) is 5.27. The summed E-state index contributed by atoms with van der Waals surface area (Å²) in [6.45, 7) is 2.20. The largest absolute Gasteiger partial charge is 0.368 e. The Hall–Kier alpha value is -2.58. The number of carbonyl (C=O) groups excluding carboxylic acids is 2. The van der Waals surface area contributed by atoms with Crippen molar-refractivity contribution in [1.82, 2.24) is 10.2 Å². The van der Waals surface area contributed by atoms with Crippen LogP contribution in [-0.2, 0) is 14.6 Å². The molecule has 1 fully saturated rings. The lowest BCUT2D eigenvalue weighted by Crippen LogP contribution is -2.51. The van der Waals surface area contributed by atoms with Gasteiger partial charge in [-0.3, -0.25) is 9.59 Å². The average molecular weight is 436 g/mol. The zero-order chi connectivity index (χ0) is 21.0. The van der Waals surface area contributed by atoms with Gasteiger partial charge in [-0.25, -0.2) is 8.42 Å². The van der Waals surface area contributed by atoms with Crippen LogP contribution in [0.5, 0.6) is 0 Å². The summed E-state index contributed by atoms with van der Waals surface area (Å²) in [7, 11) is -3.54. The van der Waals surface area contributed by atoms with Crippen molar-refractivity contribution in [3.63, 3.8) is 0 Å². The maximum Gasteiger partial charge on any atom is 0.253 e. The molecule has 0 aromatic heterocycles. The monoisotopic (exact) mass is 435 g/mol. The summed E-state index contributed by atoms with van der Waals surface area (Å²) in [5.41, 5.74) is 1.05. The Morgan fingerprint density at radius 1 is 1.03 bits per heavy atom. The molecule has 1 N–H and O–H groups in total. The van der Waals surface area contributed by atoms with E-state index in [4.69, 9.17) is 11.6 Å². The van der Waals surface area contributed by atoms with Crippen LogP contribution < -0.4 is 10.2 Å². The van der Waals surface area contributed by atoms with Crippen LogP contribution in [0.1, 0.15) is 10.4 Å². The van der Waals surface area contributed by atoms with Crippen LogP contribution in [0.3, 0.4) is 0 Å². The number of carbonyl (C=O) groups is 2. The van der Waals surface area contributed by atoms with Crippen molar-refractivity contribution < 1.29 is 18.0 Å². The molecule has 0 radical (unpaired) electrons. The maximum atomic E-state index is 12.5. The molecule has 0 saturated carbocycles. The van der Waals surface area contributed by atoms with Crippen molar-refractivity contribution in [2.45, 2.75) is 4.90 Å². The normalized spacial score (nSPS) is 14.6. The van der Waals surface area contributed by atoms with Crippen LogP contribution in [-0.4, -0.2) is 64.1 Å². The molecule has 2 amide bonds. The Morgan fingerprint density at radius 2 is 1.72 bits per heavy atom. The highest BCUT2D eigenvalue weighted by molar-refractivity contribution is 7.90. The highest BCUT2D eigenvalue weighted by Gasteiger charge is 2.23. The third-order valence-corrected chi connectivity index (χ3v) is 6.13. The van der Waals surface area contributed by atoms with E-state index in [2.05, 4.69) is 10.2 Å². The molecule has 2 aromatic carbocycles. The molecule has 7 nitrogen and oxygen atoms in total. The molecule has 0 atom stereocenters. The number of anilines is 1. The molecule has 0 aliphatic carbocycles. The van der Waals surface area contributed by atoms with E-state index in [9.17, 15) is 18.0 Å². The fourth-order valence-electron chi connectivity index (χ4n) is 3.23. The smallest absolute Gasteiger partial charge is 0.253 e. The summed E-state index contributed by atoms with van der Waals surface area (Å²) in [5, 5.41) is 3.20. The summed E-state index contributed by atoms with van der Waals surface area (Å²) in [5.74, 6) is -0.794. The molecule has 0 bridgehead atoms. The molecule has 1 saturated heterocycles. The molecular weight excluding hydrogens is 414 g/mol. The molecule has 0 unspecified atom stereocenters. The molecule has 1 aliphatic rings. The predicted octanol–water partition coefficient (Wildman–Crippen LogP) is 1.82. The van der Waals surface area contributed by atoms with E-state index in [1.54, 1.807) is 17.0 Å². The molecule has 154 valence electrons. The van der Waals surface area contributed by atoms with Crippen LogP contribution in [0.15, 0.2) is 53.4 Å². The van der Waals surface area contributed by atoms with Gasteiger partial charge in [0.15, 0.2) is 9.84 Å². The van der Waals surface area contributed by atoms with Crippen LogP contribution in [0.25, 0.3) is 0 Å². The van der Waals surface area contributed by atoms with Crippen LogP contribution in [0, 0.1) is 0 Å². The minimum absolute atomic E-state index is 0.0357. The Labute approximate surface area is 175 Å². The van der Waals surface area contributed by atoms with E-state index < -0.39 is 15.7 Å². The number of amides is 2. The molecule has 3 rings (SSSR count). The summed E-state index contributed by atoms with van der Waals surface area (Å²) >= 11 is 6.03. The fraction of sp³-hybridized carbons (Fsp3) is 0.300. The predicted molar refractivity (Wildman–Crippen MR) is 112 cm³/mol. The molecule has 2 aromatic rings.